The maximum Gasteiger partial charge on any atom is 0.156 e. The fraction of sp³-hybridized carbons (Fsp3) is 0.500. The average Bonchev–Trinajstić information content (AvgIpc) is 2.26. The highest BCUT2D eigenvalue weighted by Gasteiger charge is 2.40. The Kier molecular flexibility index (Phi) is 1.48. The highest BCUT2D eigenvalue weighted by molar-refractivity contribution is 5.95. The lowest BCUT2D eigenvalue weighted by atomic mass is 9.79. The van der Waals surface area contributed by atoms with E-state index in [-0.39, 0.29) is 11.2 Å². The summed E-state index contributed by atoms with van der Waals surface area (Å²) in [4.78, 5) is 11.2. The molecule has 2 aliphatic rings. The Balaban J connectivity index is 2.41. The van der Waals surface area contributed by atoms with Crippen molar-refractivity contribution in [2.24, 2.45) is 5.41 Å². The van der Waals surface area contributed by atoms with Crippen LogP contribution in [0.4, 0.5) is 0 Å². The summed E-state index contributed by atoms with van der Waals surface area (Å²) in [5.74, 6) is 0.208. The van der Waals surface area contributed by atoms with E-state index < -0.39 is 0 Å². The third-order valence-electron chi connectivity index (χ3n) is 2.60. The predicted molar refractivity (Wildman–Crippen MR) is 45.8 cm³/mol. The van der Waals surface area contributed by atoms with Crippen molar-refractivity contribution in [2.45, 2.75) is 13.3 Å². The lowest BCUT2D eigenvalue weighted by Crippen LogP contribution is -2.30. The minimum atomic E-state index is -0.0770. The van der Waals surface area contributed by atoms with Crippen LogP contribution in [0.15, 0.2) is 23.8 Å². The molecule has 0 spiro atoms. The average molecular weight is 164 g/mol. The summed E-state index contributed by atoms with van der Waals surface area (Å²) in [5, 5.41) is 0. The van der Waals surface area contributed by atoms with E-state index in [0.29, 0.717) is 19.6 Å². The van der Waals surface area contributed by atoms with Crippen molar-refractivity contribution in [3.8, 4) is 0 Å². The van der Waals surface area contributed by atoms with E-state index in [1.807, 2.05) is 0 Å². The maximum atomic E-state index is 11.2. The lowest BCUT2D eigenvalue weighted by Gasteiger charge is -2.32. The van der Waals surface area contributed by atoms with Crippen LogP contribution in [0.1, 0.15) is 13.3 Å². The van der Waals surface area contributed by atoms with Crippen LogP contribution in [0, 0.1) is 5.41 Å². The highest BCUT2D eigenvalue weighted by atomic mass is 16.5. The van der Waals surface area contributed by atoms with Gasteiger partial charge in [-0.15, -0.1) is 0 Å². The first-order chi connectivity index (χ1) is 5.62. The second kappa shape index (κ2) is 2.30. The molecule has 0 saturated carbocycles. The Bertz CT molecular complexity index is 288. The molecule has 1 saturated heterocycles. The number of carbonyl (C=O) groups excluding carboxylic acids is 1. The van der Waals surface area contributed by atoms with Gasteiger partial charge in [0.05, 0.1) is 13.2 Å². The van der Waals surface area contributed by atoms with Gasteiger partial charge in [0.1, 0.15) is 0 Å². The van der Waals surface area contributed by atoms with Crippen LogP contribution >= 0.6 is 0 Å². The SMILES string of the molecule is C=C1COCC2(C)CC(=O)C=C12. The Morgan fingerprint density at radius 3 is 3.08 bits per heavy atom. The first kappa shape index (κ1) is 7.74. The van der Waals surface area contributed by atoms with E-state index in [9.17, 15) is 4.79 Å². The zero-order chi connectivity index (χ0) is 8.77. The largest absolute Gasteiger partial charge is 0.376 e. The lowest BCUT2D eigenvalue weighted by molar-refractivity contribution is -0.115. The summed E-state index contributed by atoms with van der Waals surface area (Å²) >= 11 is 0. The van der Waals surface area contributed by atoms with Gasteiger partial charge >= 0.3 is 0 Å². The molecule has 2 rings (SSSR count). The molecular weight excluding hydrogens is 152 g/mol. The van der Waals surface area contributed by atoms with Crippen LogP contribution in [0.3, 0.4) is 0 Å². The van der Waals surface area contributed by atoms with Gasteiger partial charge in [-0.05, 0) is 17.2 Å². The van der Waals surface area contributed by atoms with Crippen molar-refractivity contribution >= 4 is 5.78 Å². The quantitative estimate of drug-likeness (QED) is 0.542. The Hall–Kier alpha value is -0.890. The van der Waals surface area contributed by atoms with Crippen LogP contribution in [-0.2, 0) is 9.53 Å². The van der Waals surface area contributed by atoms with Crippen molar-refractivity contribution in [3.05, 3.63) is 23.8 Å². The minimum Gasteiger partial charge on any atom is -0.376 e. The first-order valence-electron chi connectivity index (χ1n) is 4.13. The molecule has 1 atom stereocenters. The number of hydrogen-bond donors (Lipinski definition) is 0. The summed E-state index contributed by atoms with van der Waals surface area (Å²) in [7, 11) is 0. The Morgan fingerprint density at radius 2 is 2.42 bits per heavy atom. The Labute approximate surface area is 71.9 Å². The Morgan fingerprint density at radius 1 is 1.67 bits per heavy atom. The van der Waals surface area contributed by atoms with Crippen LogP contribution in [-0.4, -0.2) is 19.0 Å². The molecule has 0 radical (unpaired) electrons. The van der Waals surface area contributed by atoms with Gasteiger partial charge in [0, 0.05) is 11.8 Å². The van der Waals surface area contributed by atoms with Crippen LogP contribution < -0.4 is 0 Å². The number of fused-ring (bicyclic) bond motifs is 1. The molecule has 1 unspecified atom stereocenters. The molecule has 1 aliphatic heterocycles. The summed E-state index contributed by atoms with van der Waals surface area (Å²) in [6, 6.07) is 0. The maximum absolute atomic E-state index is 11.2. The number of rotatable bonds is 0. The van der Waals surface area contributed by atoms with Gasteiger partial charge in [0.25, 0.3) is 0 Å². The van der Waals surface area contributed by atoms with Crippen molar-refractivity contribution in [1.29, 1.82) is 0 Å². The van der Waals surface area contributed by atoms with E-state index in [0.717, 1.165) is 11.1 Å². The molecule has 64 valence electrons. The fourth-order valence-corrected chi connectivity index (χ4v) is 2.00. The molecule has 1 fully saturated rings. The van der Waals surface area contributed by atoms with Crippen LogP contribution in [0.25, 0.3) is 0 Å². The van der Waals surface area contributed by atoms with Crippen molar-refractivity contribution in [2.75, 3.05) is 13.2 Å². The van der Waals surface area contributed by atoms with Crippen molar-refractivity contribution in [1.82, 2.24) is 0 Å². The summed E-state index contributed by atoms with van der Waals surface area (Å²) in [6.07, 6.45) is 2.31. The fourth-order valence-electron chi connectivity index (χ4n) is 2.00. The monoisotopic (exact) mass is 164 g/mol. The zero-order valence-electron chi connectivity index (χ0n) is 7.22. The second-order valence-corrected chi connectivity index (χ2v) is 3.86. The standard InChI is InChI=1S/C10H12O2/c1-7-5-12-6-10(2)4-8(11)3-9(7)10/h3H,1,4-6H2,2H3. The number of hydrogen-bond acceptors (Lipinski definition) is 2. The summed E-state index contributed by atoms with van der Waals surface area (Å²) in [5.41, 5.74) is 2.00. The third kappa shape index (κ3) is 0.950. The molecule has 0 N–H and O–H groups in total. The zero-order valence-corrected chi connectivity index (χ0v) is 7.22. The molecule has 0 bridgehead atoms. The molecule has 0 aromatic rings. The van der Waals surface area contributed by atoms with Crippen LogP contribution in [0.2, 0.25) is 0 Å². The predicted octanol–water partition coefficient (Wildman–Crippen LogP) is 1.48. The van der Waals surface area contributed by atoms with Gasteiger partial charge in [0.15, 0.2) is 5.78 Å². The minimum absolute atomic E-state index is 0.0770. The van der Waals surface area contributed by atoms with E-state index in [2.05, 4.69) is 13.5 Å². The molecule has 1 aliphatic carbocycles. The van der Waals surface area contributed by atoms with Gasteiger partial charge in [-0.25, -0.2) is 0 Å². The third-order valence-corrected chi connectivity index (χ3v) is 2.60. The number of ketones is 1. The van der Waals surface area contributed by atoms with E-state index >= 15 is 0 Å². The number of allylic oxidation sites excluding steroid dienone is 1. The van der Waals surface area contributed by atoms with Gasteiger partial charge in [0.2, 0.25) is 0 Å². The van der Waals surface area contributed by atoms with E-state index in [4.69, 9.17) is 4.74 Å². The van der Waals surface area contributed by atoms with Gasteiger partial charge in [-0.1, -0.05) is 13.5 Å². The molecule has 12 heavy (non-hydrogen) atoms. The number of ether oxygens (including phenoxy) is 1. The van der Waals surface area contributed by atoms with E-state index in [1.165, 1.54) is 0 Å². The first-order valence-corrected chi connectivity index (χ1v) is 4.13. The molecule has 2 nitrogen and oxygen atoms in total. The highest BCUT2D eigenvalue weighted by Crippen LogP contribution is 2.43. The number of carbonyl (C=O) groups is 1. The normalized spacial score (nSPS) is 34.9. The molecule has 2 heteroatoms. The van der Waals surface area contributed by atoms with Crippen LogP contribution in [0.5, 0.6) is 0 Å². The van der Waals surface area contributed by atoms with Gasteiger partial charge in [-0.2, -0.15) is 0 Å². The van der Waals surface area contributed by atoms with Crippen molar-refractivity contribution < 1.29 is 9.53 Å². The summed E-state index contributed by atoms with van der Waals surface area (Å²) in [6.45, 7) is 7.19. The van der Waals surface area contributed by atoms with Gasteiger partial charge in [-0.3, -0.25) is 4.79 Å². The van der Waals surface area contributed by atoms with E-state index in [1.54, 1.807) is 6.08 Å². The topological polar surface area (TPSA) is 26.3 Å². The smallest absolute Gasteiger partial charge is 0.156 e. The molecule has 0 aromatic carbocycles. The molecule has 0 amide bonds. The van der Waals surface area contributed by atoms with Crippen molar-refractivity contribution in [3.63, 3.8) is 0 Å². The van der Waals surface area contributed by atoms with Gasteiger partial charge < -0.3 is 4.74 Å². The summed E-state index contributed by atoms with van der Waals surface area (Å²) < 4.78 is 5.35. The molecule has 1 heterocycles. The molecular formula is C10H12O2. The second-order valence-electron chi connectivity index (χ2n) is 3.86. The molecule has 0 aromatic heterocycles.